The van der Waals surface area contributed by atoms with Gasteiger partial charge in [-0.1, -0.05) is 43.3 Å². The fraction of sp³-hybridized carbons (Fsp3) is 0.304. The molecule has 0 spiro atoms. The topological polar surface area (TPSA) is 153 Å². The largest absolute Gasteiger partial charge is 1.00 e. The van der Waals surface area contributed by atoms with Gasteiger partial charge in [0.2, 0.25) is 0 Å². The summed E-state index contributed by atoms with van der Waals surface area (Å²) >= 11 is -0.750. The Hall–Kier alpha value is -1.43. The van der Waals surface area contributed by atoms with Crippen LogP contribution in [0.25, 0.3) is 11.4 Å². The number of hydrogen-bond acceptors (Lipinski definition) is 8. The number of nitriles is 1. The second kappa shape index (κ2) is 17.1. The van der Waals surface area contributed by atoms with Crippen LogP contribution in [-0.4, -0.2) is 50.8 Å². The molecule has 0 radical (unpaired) electrons. The van der Waals surface area contributed by atoms with Gasteiger partial charge in [-0.25, -0.2) is 4.98 Å². The molecule has 0 amide bonds. The van der Waals surface area contributed by atoms with Gasteiger partial charge in [-0.2, -0.15) is 10.4 Å². The maximum absolute atomic E-state index is 10.1. The van der Waals surface area contributed by atoms with Gasteiger partial charge in [0.25, 0.3) is 0 Å². The first-order chi connectivity index (χ1) is 16.3. The number of nitrogens with one attached hydrogen (secondary N) is 1. The molecule has 36 heavy (non-hydrogen) atoms. The molecule has 0 atom stereocenters. The summed E-state index contributed by atoms with van der Waals surface area (Å²) < 4.78 is 20.0. The molecule has 13 heteroatoms. The molecule has 2 aromatic heterocycles. The van der Waals surface area contributed by atoms with Crippen LogP contribution in [0.15, 0.2) is 48.9 Å². The number of allylic oxidation sites excluding steroid dienone is 1. The predicted octanol–water partition coefficient (Wildman–Crippen LogP) is -2.58. The number of rotatable bonds is 8. The Morgan fingerprint density at radius 2 is 1.97 bits per heavy atom. The number of aliphatic hydroxyl groups excluding tert-OH is 1. The second-order valence-electron chi connectivity index (χ2n) is 7.48. The van der Waals surface area contributed by atoms with Gasteiger partial charge in [0.15, 0.2) is 5.84 Å². The van der Waals surface area contributed by atoms with E-state index in [1.165, 1.54) is 5.56 Å². The van der Waals surface area contributed by atoms with Crippen LogP contribution in [0.4, 0.5) is 0 Å². The summed E-state index contributed by atoms with van der Waals surface area (Å²) in [5.41, 5.74) is 4.30. The Morgan fingerprint density at radius 1 is 1.31 bits per heavy atom. The van der Waals surface area contributed by atoms with Gasteiger partial charge in [0.1, 0.15) is 30.0 Å². The Bertz CT molecular complexity index is 1190. The monoisotopic (exact) mass is 527 g/mol. The van der Waals surface area contributed by atoms with Gasteiger partial charge < -0.3 is 31.4 Å². The number of nitrogens with zero attached hydrogens (tertiary/aromatic N) is 6. The number of benzene rings is 1. The van der Waals surface area contributed by atoms with Crippen LogP contribution in [0.3, 0.4) is 0 Å². The number of imidazole rings is 1. The molecule has 0 aliphatic rings. The zero-order valence-corrected chi connectivity index (χ0v) is 26.2. The molecule has 0 saturated carbocycles. The third-order valence-electron chi connectivity index (χ3n) is 5.00. The Kier molecular flexibility index (Phi) is 16.5. The quantitative estimate of drug-likeness (QED) is 0.107. The van der Waals surface area contributed by atoms with Crippen molar-refractivity contribution in [3.63, 3.8) is 0 Å². The van der Waals surface area contributed by atoms with E-state index in [1.54, 1.807) is 22.6 Å². The van der Waals surface area contributed by atoms with Gasteiger partial charge in [0, 0.05) is 12.7 Å². The van der Waals surface area contributed by atoms with Crippen molar-refractivity contribution in [1.82, 2.24) is 24.2 Å². The number of amidine groups is 1. The molecular formula is C23H27N7Na2O3S. The van der Waals surface area contributed by atoms with Gasteiger partial charge in [0.05, 0.1) is 24.0 Å². The Labute approximate surface area is 260 Å². The van der Waals surface area contributed by atoms with Crippen LogP contribution in [0.1, 0.15) is 35.9 Å². The standard InChI is InChI=1S/C23H27N7O.2Na.H2O2S/c1-5-9-29(17(3)11-24)22(25)21-18(4)27-23(30(21)15-31)20-12-26-28(14-20)13-19-8-6-7-16(2)10-19;;;1-3-2/h6-8,10,12,14,25,31H,3,5,9,13,15H2,1-2,4H3;;;1-2H/q;2*+1;/p-2. The molecule has 0 unspecified atom stereocenters. The number of hydrogen-bond donors (Lipinski definition) is 2. The van der Waals surface area contributed by atoms with Crippen LogP contribution in [-0.2, 0) is 13.3 Å². The Balaban J connectivity index is 0.00000233. The minimum absolute atomic E-state index is 0. The van der Waals surface area contributed by atoms with Crippen LogP contribution < -0.4 is 59.1 Å². The van der Waals surface area contributed by atoms with Crippen LogP contribution in [0, 0.1) is 30.6 Å². The van der Waals surface area contributed by atoms with E-state index < -0.39 is 12.3 Å². The number of aliphatic hydroxyl groups is 1. The van der Waals surface area contributed by atoms with Gasteiger partial charge in [-0.15, -0.1) is 0 Å². The Morgan fingerprint density at radius 3 is 2.53 bits per heavy atom. The predicted molar refractivity (Wildman–Crippen MR) is 128 cm³/mol. The summed E-state index contributed by atoms with van der Waals surface area (Å²) in [5.74, 6) is 0.611. The third-order valence-corrected chi connectivity index (χ3v) is 5.00. The molecule has 3 aromatic rings. The van der Waals surface area contributed by atoms with E-state index in [0.29, 0.717) is 30.3 Å². The summed E-state index contributed by atoms with van der Waals surface area (Å²) in [5, 5.41) is 32.5. The van der Waals surface area contributed by atoms with Crippen molar-refractivity contribution in [2.24, 2.45) is 0 Å². The van der Waals surface area contributed by atoms with E-state index >= 15 is 0 Å². The average molecular weight is 528 g/mol. The van der Waals surface area contributed by atoms with E-state index in [1.807, 2.05) is 29.9 Å². The van der Waals surface area contributed by atoms with Crippen LogP contribution >= 0.6 is 12.3 Å². The van der Waals surface area contributed by atoms with E-state index in [9.17, 15) is 10.4 Å². The van der Waals surface area contributed by atoms with Gasteiger partial charge in [-0.3, -0.25) is 14.7 Å². The van der Waals surface area contributed by atoms with Crippen molar-refractivity contribution in [2.45, 2.75) is 40.5 Å². The molecule has 180 valence electrons. The van der Waals surface area contributed by atoms with Crippen LogP contribution in [0.5, 0.6) is 0 Å². The van der Waals surface area contributed by atoms with Gasteiger partial charge >= 0.3 is 59.1 Å². The van der Waals surface area contributed by atoms with E-state index in [4.69, 9.17) is 14.5 Å². The first-order valence-electron chi connectivity index (χ1n) is 10.4. The van der Waals surface area contributed by atoms with E-state index in [2.05, 4.69) is 41.8 Å². The molecule has 0 aliphatic heterocycles. The molecule has 0 fully saturated rings. The average Bonchev–Trinajstić information content (AvgIpc) is 3.40. The van der Waals surface area contributed by atoms with E-state index in [0.717, 1.165) is 17.5 Å². The smallest absolute Gasteiger partial charge is 0.811 e. The zero-order valence-electron chi connectivity index (χ0n) is 21.4. The molecule has 2 N–H and O–H groups in total. The summed E-state index contributed by atoms with van der Waals surface area (Å²) in [6.07, 6.45) is 4.32. The van der Waals surface area contributed by atoms with Gasteiger partial charge in [-0.05, 0) is 25.8 Å². The maximum atomic E-state index is 10.1. The summed E-state index contributed by atoms with van der Waals surface area (Å²) in [6, 6.07) is 10.3. The molecule has 0 aliphatic carbocycles. The van der Waals surface area contributed by atoms with Crippen molar-refractivity contribution in [3.05, 3.63) is 71.4 Å². The van der Waals surface area contributed by atoms with Crippen molar-refractivity contribution in [3.8, 4) is 17.5 Å². The molecule has 1 aromatic carbocycles. The summed E-state index contributed by atoms with van der Waals surface area (Å²) in [7, 11) is 0. The molecule has 0 saturated heterocycles. The van der Waals surface area contributed by atoms with E-state index in [-0.39, 0.29) is 77.4 Å². The fourth-order valence-corrected chi connectivity index (χ4v) is 3.59. The minimum atomic E-state index is -0.750. The summed E-state index contributed by atoms with van der Waals surface area (Å²) in [4.78, 5) is 6.15. The first kappa shape index (κ1) is 34.6. The maximum Gasteiger partial charge on any atom is 1.00 e. The minimum Gasteiger partial charge on any atom is -0.811 e. The first-order valence-corrected chi connectivity index (χ1v) is 11.1. The second-order valence-corrected chi connectivity index (χ2v) is 7.62. The summed E-state index contributed by atoms with van der Waals surface area (Å²) in [6.45, 7) is 10.3. The molecule has 10 nitrogen and oxygen atoms in total. The molecule has 0 bridgehead atoms. The molecule has 3 rings (SSSR count). The fourth-order valence-electron chi connectivity index (χ4n) is 3.59. The number of aromatic nitrogens is 4. The van der Waals surface area contributed by atoms with Crippen molar-refractivity contribution >= 4 is 18.2 Å². The van der Waals surface area contributed by atoms with Crippen LogP contribution in [0.2, 0.25) is 0 Å². The zero-order chi connectivity index (χ0) is 25.3. The molecule has 2 heterocycles. The number of aryl methyl sites for hydroxylation is 2. The van der Waals surface area contributed by atoms with Crippen molar-refractivity contribution in [1.29, 1.82) is 10.7 Å². The SMILES string of the molecule is C=C(C#N)N(CCC)C(=N)c1c(C)nc(-c2cnn(Cc3cccc(C)c3)c2)n1CO.[Na+].[Na+].[O-]S[O-]. The third kappa shape index (κ3) is 8.85. The van der Waals surface area contributed by atoms with Crippen molar-refractivity contribution in [2.75, 3.05) is 6.54 Å². The molecular weight excluding hydrogens is 500 g/mol. The normalized spacial score (nSPS) is 9.69. The van der Waals surface area contributed by atoms with Crippen molar-refractivity contribution < 1.29 is 73.3 Å².